The first kappa shape index (κ1) is 28.6. The Labute approximate surface area is 199 Å². The number of nitrogens with one attached hydrogen (secondary N) is 2. The minimum Gasteiger partial charge on any atom is -0.450 e. The highest BCUT2D eigenvalue weighted by Crippen LogP contribution is 2.31. The summed E-state index contributed by atoms with van der Waals surface area (Å²) in [6.45, 7) is 13.6. The normalized spacial score (nSPS) is 17.8. The van der Waals surface area contributed by atoms with Gasteiger partial charge in [0.2, 0.25) is 0 Å². The number of carbonyl (C=O) groups excluding carboxylic acids is 3. The quantitative estimate of drug-likeness (QED) is 0.342. The molecule has 0 radical (unpaired) electrons. The Morgan fingerprint density at radius 1 is 1.15 bits per heavy atom. The molecule has 1 fully saturated rings. The fourth-order valence-corrected chi connectivity index (χ4v) is 3.77. The van der Waals surface area contributed by atoms with E-state index in [1.165, 1.54) is 6.92 Å². The van der Waals surface area contributed by atoms with Gasteiger partial charge in [0.1, 0.15) is 5.60 Å². The van der Waals surface area contributed by atoms with Crippen molar-refractivity contribution in [3.63, 3.8) is 0 Å². The Morgan fingerprint density at radius 3 is 2.27 bits per heavy atom. The number of hydrogen-bond acceptors (Lipinski definition) is 6. The molecule has 0 bridgehead atoms. The van der Waals surface area contributed by atoms with Gasteiger partial charge in [0.25, 0.3) is 5.91 Å². The van der Waals surface area contributed by atoms with Gasteiger partial charge in [-0.15, -0.1) is 0 Å². The van der Waals surface area contributed by atoms with Gasteiger partial charge >= 0.3 is 12.1 Å². The van der Waals surface area contributed by atoms with Crippen LogP contribution in [-0.2, 0) is 29.9 Å². The Bertz CT molecular complexity index is 808. The second-order valence-corrected chi connectivity index (χ2v) is 10.9. The summed E-state index contributed by atoms with van der Waals surface area (Å²) in [5.74, 6) is -1.11. The zero-order valence-electron chi connectivity index (χ0n) is 20.6. The summed E-state index contributed by atoms with van der Waals surface area (Å²) in [6, 6.07) is -0.766. The molecule has 1 saturated carbocycles. The Morgan fingerprint density at radius 2 is 1.79 bits per heavy atom. The van der Waals surface area contributed by atoms with Crippen molar-refractivity contribution in [3.05, 3.63) is 35.3 Å². The lowest BCUT2D eigenvalue weighted by Gasteiger charge is -2.33. The van der Waals surface area contributed by atoms with Crippen LogP contribution in [0.25, 0.3) is 0 Å². The Kier molecular flexibility index (Phi) is 11.6. The molecule has 0 heterocycles. The summed E-state index contributed by atoms with van der Waals surface area (Å²) in [5, 5.41) is 5.30. The van der Waals surface area contributed by atoms with Crippen molar-refractivity contribution in [1.29, 1.82) is 0 Å². The molecule has 0 aromatic heterocycles. The lowest BCUT2D eigenvalue weighted by molar-refractivity contribution is -0.156. The van der Waals surface area contributed by atoms with Crippen LogP contribution >= 0.6 is 0 Å². The molecule has 0 spiro atoms. The zero-order valence-corrected chi connectivity index (χ0v) is 21.4. The Balaban J connectivity index is 2.94. The number of carbonyl (C=O) groups is 3. The van der Waals surface area contributed by atoms with Crippen LogP contribution in [0.4, 0.5) is 4.79 Å². The van der Waals surface area contributed by atoms with Crippen LogP contribution in [0.5, 0.6) is 0 Å². The molecule has 9 heteroatoms. The van der Waals surface area contributed by atoms with E-state index in [4.69, 9.17) is 9.47 Å². The summed E-state index contributed by atoms with van der Waals surface area (Å²) in [5.41, 5.74) is 0.195. The predicted molar refractivity (Wildman–Crippen MR) is 130 cm³/mol. The number of hydrogen-bond donors (Lipinski definition) is 2. The van der Waals surface area contributed by atoms with E-state index in [0.29, 0.717) is 17.2 Å². The molecular weight excluding hydrogens is 444 g/mol. The molecule has 33 heavy (non-hydrogen) atoms. The minimum atomic E-state index is -1.47. The van der Waals surface area contributed by atoms with Gasteiger partial charge in [0.15, 0.2) is 6.10 Å². The van der Waals surface area contributed by atoms with Crippen LogP contribution in [0.2, 0.25) is 0 Å². The molecule has 3 atom stereocenters. The SMILES string of the molecule is C=C/C(C)=C\C=C(/C)S(=O)CNC(=O)C(OC(C)=O)C(CC1CCC1)NC(=O)OC(C)(C)C. The van der Waals surface area contributed by atoms with E-state index in [0.717, 1.165) is 24.8 Å². The van der Waals surface area contributed by atoms with Gasteiger partial charge in [-0.25, -0.2) is 4.79 Å². The van der Waals surface area contributed by atoms with E-state index in [9.17, 15) is 18.6 Å². The molecular formula is C24H38N2O6S. The predicted octanol–water partition coefficient (Wildman–Crippen LogP) is 3.86. The second-order valence-electron chi connectivity index (χ2n) is 9.24. The van der Waals surface area contributed by atoms with Gasteiger partial charge in [-0.1, -0.05) is 49.6 Å². The second kappa shape index (κ2) is 13.3. The highest BCUT2D eigenvalue weighted by molar-refractivity contribution is 7.88. The zero-order chi connectivity index (χ0) is 25.2. The van der Waals surface area contributed by atoms with Crippen molar-refractivity contribution < 1.29 is 28.1 Å². The van der Waals surface area contributed by atoms with Gasteiger partial charge in [-0.05, 0) is 47.0 Å². The molecule has 1 aliphatic rings. The molecule has 0 aliphatic heterocycles. The summed E-state index contributed by atoms with van der Waals surface area (Å²) >= 11 is 0. The van der Waals surface area contributed by atoms with Gasteiger partial charge in [0.05, 0.1) is 22.7 Å². The third-order valence-electron chi connectivity index (χ3n) is 5.07. The van der Waals surface area contributed by atoms with Gasteiger partial charge in [0, 0.05) is 11.8 Å². The van der Waals surface area contributed by atoms with Crippen molar-refractivity contribution in [2.75, 3.05) is 5.88 Å². The monoisotopic (exact) mass is 482 g/mol. The van der Waals surface area contributed by atoms with Gasteiger partial charge in [-0.3, -0.25) is 13.8 Å². The maximum Gasteiger partial charge on any atom is 0.408 e. The standard InChI is InChI=1S/C24H38N2O6S/c1-8-16(2)12-13-17(3)33(30)15-25-22(28)21(31-18(4)27)20(14-19-10-9-11-19)26-23(29)32-24(5,6)7/h8,12-13,19-21H,1,9-11,14-15H2,2-7H3,(H,25,28)(H,26,29)/b16-12-,17-13+. The van der Waals surface area contributed by atoms with Crippen LogP contribution in [0.1, 0.15) is 67.2 Å². The molecule has 1 aliphatic carbocycles. The minimum absolute atomic E-state index is 0.150. The largest absolute Gasteiger partial charge is 0.450 e. The maximum absolute atomic E-state index is 13.0. The molecule has 2 N–H and O–H groups in total. The van der Waals surface area contributed by atoms with Gasteiger partial charge < -0.3 is 20.1 Å². The topological polar surface area (TPSA) is 111 Å². The highest BCUT2D eigenvalue weighted by atomic mass is 32.2. The summed E-state index contributed by atoms with van der Waals surface area (Å²) in [6.07, 6.45) is 6.71. The van der Waals surface area contributed by atoms with Crippen molar-refractivity contribution in [2.24, 2.45) is 5.92 Å². The maximum atomic E-state index is 13.0. The molecule has 2 amide bonds. The lowest BCUT2D eigenvalue weighted by atomic mass is 9.80. The van der Waals surface area contributed by atoms with Crippen molar-refractivity contribution in [2.45, 2.75) is 85.0 Å². The first-order chi connectivity index (χ1) is 15.3. The van der Waals surface area contributed by atoms with E-state index in [2.05, 4.69) is 17.2 Å². The highest BCUT2D eigenvalue weighted by Gasteiger charge is 2.36. The summed E-state index contributed by atoms with van der Waals surface area (Å²) in [7, 11) is -1.47. The first-order valence-corrected chi connectivity index (χ1v) is 12.4. The van der Waals surface area contributed by atoms with Crippen LogP contribution in [0, 0.1) is 5.92 Å². The number of alkyl carbamates (subject to hydrolysis) is 1. The number of ether oxygens (including phenoxy) is 2. The van der Waals surface area contributed by atoms with Crippen LogP contribution < -0.4 is 10.6 Å². The number of amides is 2. The van der Waals surface area contributed by atoms with E-state index in [1.54, 1.807) is 45.9 Å². The number of esters is 1. The molecule has 8 nitrogen and oxygen atoms in total. The fraction of sp³-hybridized carbons (Fsp3) is 0.625. The van der Waals surface area contributed by atoms with Crippen molar-refractivity contribution >= 4 is 28.8 Å². The first-order valence-electron chi connectivity index (χ1n) is 11.1. The molecule has 0 saturated heterocycles. The third-order valence-corrected chi connectivity index (χ3v) is 6.33. The van der Waals surface area contributed by atoms with E-state index >= 15 is 0 Å². The molecule has 3 unspecified atom stereocenters. The molecule has 1 rings (SSSR count). The Hall–Kier alpha value is -2.42. The van der Waals surface area contributed by atoms with Gasteiger partial charge in [-0.2, -0.15) is 0 Å². The van der Waals surface area contributed by atoms with E-state index in [1.807, 2.05) is 6.92 Å². The third kappa shape index (κ3) is 11.3. The van der Waals surface area contributed by atoms with Crippen LogP contribution in [0.3, 0.4) is 0 Å². The average molecular weight is 483 g/mol. The summed E-state index contributed by atoms with van der Waals surface area (Å²) in [4.78, 5) is 37.7. The van der Waals surface area contributed by atoms with Crippen LogP contribution in [-0.4, -0.2) is 45.8 Å². The van der Waals surface area contributed by atoms with E-state index < -0.39 is 46.5 Å². The summed E-state index contributed by atoms with van der Waals surface area (Å²) < 4.78 is 23.1. The van der Waals surface area contributed by atoms with Crippen molar-refractivity contribution in [3.8, 4) is 0 Å². The fourth-order valence-electron chi connectivity index (χ4n) is 3.05. The number of rotatable bonds is 11. The van der Waals surface area contributed by atoms with Crippen molar-refractivity contribution in [1.82, 2.24) is 10.6 Å². The van der Waals surface area contributed by atoms with E-state index in [-0.39, 0.29) is 5.88 Å². The average Bonchev–Trinajstić information content (AvgIpc) is 2.67. The number of allylic oxidation sites excluding steroid dienone is 5. The molecule has 0 aromatic carbocycles. The molecule has 186 valence electrons. The lowest BCUT2D eigenvalue weighted by Crippen LogP contribution is -2.54. The smallest absolute Gasteiger partial charge is 0.408 e. The molecule has 0 aromatic rings. The van der Waals surface area contributed by atoms with Crippen LogP contribution in [0.15, 0.2) is 35.3 Å².